The standard InChI is InChI=1S/C38H40ClN5O6S/c1-24-6-8-28(20-25(24)2)35(45)23-50-36-15-7-26(3)42-38(36)43-37(46)16-18-44(51(47,48)31-12-10-30(49-5)11-13-31)19-17-40-34-21-27(4)41-33-14-9-29(39)22-32(33)34/h6-15,20-22H,16-19,23H2,1-5H3,(H,40,41)(H,42,43,46). The first-order valence-electron chi connectivity index (χ1n) is 16.3. The van der Waals surface area contributed by atoms with Gasteiger partial charge in [0, 0.05) is 59.1 Å². The molecule has 13 heteroatoms. The maximum absolute atomic E-state index is 13.9. The number of sulfonamides is 1. The van der Waals surface area contributed by atoms with Crippen molar-refractivity contribution in [3.05, 3.63) is 112 Å². The van der Waals surface area contributed by atoms with Crippen LogP contribution in [0, 0.1) is 27.7 Å². The van der Waals surface area contributed by atoms with E-state index in [-0.39, 0.29) is 54.9 Å². The minimum absolute atomic E-state index is 0.0444. The lowest BCUT2D eigenvalue weighted by atomic mass is 10.0. The molecule has 0 aliphatic rings. The van der Waals surface area contributed by atoms with Crippen molar-refractivity contribution in [2.45, 2.75) is 39.0 Å². The van der Waals surface area contributed by atoms with Gasteiger partial charge in [0.1, 0.15) is 5.75 Å². The van der Waals surface area contributed by atoms with Gasteiger partial charge < -0.3 is 20.1 Å². The molecule has 2 aromatic heterocycles. The SMILES string of the molecule is COc1ccc(S(=O)(=O)N(CCNc2cc(C)nc3ccc(Cl)cc23)CCC(=O)Nc2nc(C)ccc2OCC(=O)c2ccc(C)c(C)c2)cc1. The van der Waals surface area contributed by atoms with Gasteiger partial charge in [-0.15, -0.1) is 0 Å². The molecule has 0 saturated heterocycles. The van der Waals surface area contributed by atoms with Gasteiger partial charge in [-0.1, -0.05) is 23.7 Å². The first-order valence-corrected chi connectivity index (χ1v) is 18.1. The fraction of sp³-hybridized carbons (Fsp3) is 0.263. The third-order valence-electron chi connectivity index (χ3n) is 8.30. The predicted octanol–water partition coefficient (Wildman–Crippen LogP) is 6.92. The lowest BCUT2D eigenvalue weighted by molar-refractivity contribution is -0.116. The van der Waals surface area contributed by atoms with Crippen molar-refractivity contribution in [1.29, 1.82) is 0 Å². The van der Waals surface area contributed by atoms with Gasteiger partial charge in [-0.05, 0) is 106 Å². The van der Waals surface area contributed by atoms with Crippen molar-refractivity contribution >= 4 is 55.7 Å². The average Bonchev–Trinajstić information content (AvgIpc) is 3.10. The molecule has 51 heavy (non-hydrogen) atoms. The summed E-state index contributed by atoms with van der Waals surface area (Å²) in [4.78, 5) is 35.2. The number of aryl methyl sites for hydroxylation is 4. The second-order valence-electron chi connectivity index (χ2n) is 12.1. The Balaban J connectivity index is 1.30. The largest absolute Gasteiger partial charge is 0.497 e. The van der Waals surface area contributed by atoms with Crippen LogP contribution in [0.15, 0.2) is 83.8 Å². The first kappa shape index (κ1) is 37.2. The van der Waals surface area contributed by atoms with E-state index >= 15 is 0 Å². The number of nitrogens with one attached hydrogen (secondary N) is 2. The summed E-state index contributed by atoms with van der Waals surface area (Å²) in [5.74, 6) is 0.170. The number of amides is 1. The van der Waals surface area contributed by atoms with Crippen molar-refractivity contribution in [1.82, 2.24) is 14.3 Å². The van der Waals surface area contributed by atoms with Gasteiger partial charge in [0.05, 0.1) is 17.5 Å². The topological polar surface area (TPSA) is 140 Å². The van der Waals surface area contributed by atoms with E-state index in [0.29, 0.717) is 22.0 Å². The van der Waals surface area contributed by atoms with Crippen LogP contribution in [0.2, 0.25) is 5.02 Å². The fourth-order valence-electron chi connectivity index (χ4n) is 5.35. The lowest BCUT2D eigenvalue weighted by Crippen LogP contribution is -2.37. The molecule has 1 amide bonds. The fourth-order valence-corrected chi connectivity index (χ4v) is 6.97. The molecule has 0 aliphatic carbocycles. The molecule has 2 N–H and O–H groups in total. The van der Waals surface area contributed by atoms with Gasteiger partial charge in [-0.3, -0.25) is 14.6 Å². The number of Topliss-reactive ketones (excluding diaryl/α,β-unsaturated/α-hetero) is 1. The summed E-state index contributed by atoms with van der Waals surface area (Å²) in [6.07, 6.45) is -0.182. The monoisotopic (exact) mass is 729 g/mol. The number of carbonyl (C=O) groups is 2. The van der Waals surface area contributed by atoms with E-state index in [1.165, 1.54) is 23.5 Å². The Morgan fingerprint density at radius 1 is 0.843 bits per heavy atom. The smallest absolute Gasteiger partial charge is 0.243 e. The summed E-state index contributed by atoms with van der Waals surface area (Å²) >= 11 is 6.26. The zero-order chi connectivity index (χ0) is 36.7. The van der Waals surface area contributed by atoms with Crippen molar-refractivity contribution in [2.24, 2.45) is 0 Å². The Morgan fingerprint density at radius 3 is 2.33 bits per heavy atom. The Labute approximate surface area is 303 Å². The van der Waals surface area contributed by atoms with Crippen LogP contribution >= 0.6 is 11.6 Å². The van der Waals surface area contributed by atoms with Gasteiger partial charge in [0.15, 0.2) is 24.0 Å². The Hall–Kier alpha value is -5.04. The molecular weight excluding hydrogens is 690 g/mol. The quantitative estimate of drug-likeness (QED) is 0.110. The van der Waals surface area contributed by atoms with E-state index in [2.05, 4.69) is 20.6 Å². The number of ketones is 1. The zero-order valence-corrected chi connectivity index (χ0v) is 30.7. The van der Waals surface area contributed by atoms with Crippen molar-refractivity contribution in [2.75, 3.05) is 44.0 Å². The maximum Gasteiger partial charge on any atom is 0.243 e. The summed E-state index contributed by atoms with van der Waals surface area (Å²) in [5.41, 5.74) is 5.51. The van der Waals surface area contributed by atoms with E-state index in [1.54, 1.807) is 49.4 Å². The van der Waals surface area contributed by atoms with Crippen LogP contribution in [0.1, 0.15) is 39.3 Å². The molecule has 0 unspecified atom stereocenters. The Bertz CT molecular complexity index is 2180. The third kappa shape index (κ3) is 9.40. The summed E-state index contributed by atoms with van der Waals surface area (Å²) in [5, 5.41) is 7.43. The van der Waals surface area contributed by atoms with E-state index in [4.69, 9.17) is 21.1 Å². The molecule has 0 bridgehead atoms. The molecule has 0 atom stereocenters. The van der Waals surface area contributed by atoms with Gasteiger partial charge in [0.25, 0.3) is 0 Å². The van der Waals surface area contributed by atoms with E-state index in [9.17, 15) is 18.0 Å². The Morgan fingerprint density at radius 2 is 1.61 bits per heavy atom. The minimum Gasteiger partial charge on any atom is -0.497 e. The van der Waals surface area contributed by atoms with Crippen LogP contribution in [-0.2, 0) is 14.8 Å². The van der Waals surface area contributed by atoms with Gasteiger partial charge >= 0.3 is 0 Å². The number of halogens is 1. The molecule has 0 saturated carbocycles. The van der Waals surface area contributed by atoms with E-state index in [0.717, 1.165) is 33.4 Å². The number of methoxy groups -OCH3 is 1. The normalized spacial score (nSPS) is 11.4. The number of hydrogen-bond acceptors (Lipinski definition) is 9. The second kappa shape index (κ2) is 16.3. The third-order valence-corrected chi connectivity index (χ3v) is 10.5. The summed E-state index contributed by atoms with van der Waals surface area (Å²) in [7, 11) is -2.53. The number of hydrogen-bond donors (Lipinski definition) is 2. The molecule has 3 aromatic carbocycles. The van der Waals surface area contributed by atoms with Gasteiger partial charge in [0.2, 0.25) is 15.9 Å². The molecule has 2 heterocycles. The van der Waals surface area contributed by atoms with Crippen molar-refractivity contribution in [3.63, 3.8) is 0 Å². The van der Waals surface area contributed by atoms with Crippen LogP contribution in [0.25, 0.3) is 10.9 Å². The molecular formula is C38H40ClN5O6S. The molecule has 0 spiro atoms. The first-order chi connectivity index (χ1) is 24.3. The number of aromatic nitrogens is 2. The number of pyridine rings is 2. The summed E-state index contributed by atoms with van der Waals surface area (Å²) in [6.45, 7) is 7.44. The van der Waals surface area contributed by atoms with E-state index < -0.39 is 15.9 Å². The maximum atomic E-state index is 13.9. The molecule has 0 radical (unpaired) electrons. The lowest BCUT2D eigenvalue weighted by Gasteiger charge is -2.23. The van der Waals surface area contributed by atoms with E-state index in [1.807, 2.05) is 45.0 Å². The molecule has 11 nitrogen and oxygen atoms in total. The number of ether oxygens (including phenoxy) is 2. The van der Waals surface area contributed by atoms with Crippen molar-refractivity contribution in [3.8, 4) is 11.5 Å². The van der Waals surface area contributed by atoms with Crippen LogP contribution in [-0.4, -0.2) is 67.7 Å². The zero-order valence-electron chi connectivity index (χ0n) is 29.1. The second-order valence-corrected chi connectivity index (χ2v) is 14.5. The molecule has 266 valence electrons. The van der Waals surface area contributed by atoms with Gasteiger partial charge in [-0.2, -0.15) is 4.31 Å². The molecule has 5 rings (SSSR count). The molecule has 0 aliphatic heterocycles. The number of benzene rings is 3. The predicted molar refractivity (Wildman–Crippen MR) is 200 cm³/mol. The summed E-state index contributed by atoms with van der Waals surface area (Å²) < 4.78 is 40.1. The number of nitrogens with zero attached hydrogens (tertiary/aromatic N) is 3. The molecule has 5 aromatic rings. The van der Waals surface area contributed by atoms with Crippen LogP contribution < -0.4 is 20.1 Å². The van der Waals surface area contributed by atoms with Crippen molar-refractivity contribution < 1.29 is 27.5 Å². The Kier molecular flexibility index (Phi) is 11.9. The minimum atomic E-state index is -4.03. The highest BCUT2D eigenvalue weighted by molar-refractivity contribution is 7.89. The highest BCUT2D eigenvalue weighted by Crippen LogP contribution is 2.27. The highest BCUT2D eigenvalue weighted by Gasteiger charge is 2.25. The van der Waals surface area contributed by atoms with Crippen LogP contribution in [0.5, 0.6) is 11.5 Å². The number of fused-ring (bicyclic) bond motifs is 1. The average molecular weight is 730 g/mol. The number of anilines is 2. The molecule has 0 fully saturated rings. The highest BCUT2D eigenvalue weighted by atomic mass is 35.5. The van der Waals surface area contributed by atoms with Crippen LogP contribution in [0.4, 0.5) is 11.5 Å². The summed E-state index contributed by atoms with van der Waals surface area (Å²) in [6, 6.07) is 22.1. The number of rotatable bonds is 15. The van der Waals surface area contributed by atoms with Crippen LogP contribution in [0.3, 0.4) is 0 Å². The number of carbonyl (C=O) groups excluding carboxylic acids is 2. The van der Waals surface area contributed by atoms with Gasteiger partial charge in [-0.25, -0.2) is 13.4 Å².